The second-order valence-electron chi connectivity index (χ2n) is 7.49. The molecule has 8 heteroatoms. The first kappa shape index (κ1) is 18.6. The van der Waals surface area contributed by atoms with Crippen molar-refractivity contribution >= 4 is 29.2 Å². The van der Waals surface area contributed by atoms with E-state index in [2.05, 4.69) is 4.98 Å². The van der Waals surface area contributed by atoms with Gasteiger partial charge in [0.15, 0.2) is 4.77 Å². The van der Waals surface area contributed by atoms with Crippen LogP contribution in [-0.4, -0.2) is 39.2 Å². The summed E-state index contributed by atoms with van der Waals surface area (Å²) in [5.74, 6) is -0.466. The van der Waals surface area contributed by atoms with E-state index in [1.165, 1.54) is 22.8 Å². The maximum absolute atomic E-state index is 13.5. The third-order valence-electron chi connectivity index (χ3n) is 4.37. The van der Waals surface area contributed by atoms with Crippen LogP contribution in [0.1, 0.15) is 39.7 Å². The number of ether oxygens (including phenoxy) is 1. The molecule has 3 rings (SSSR count). The fourth-order valence-electron chi connectivity index (χ4n) is 3.16. The number of aromatic amines is 1. The molecule has 0 unspecified atom stereocenters. The lowest BCUT2D eigenvalue weighted by Crippen LogP contribution is -2.43. The summed E-state index contributed by atoms with van der Waals surface area (Å²) in [7, 11) is 0. The standard InChI is InChI=1S/C18H22FN3O3S/c1-18(2,3)25-17(24)21-8-6-12(7-9-21)22-15(23)13-10-11(19)4-5-14(13)20-16(22)26/h4-5,10,12H,6-9H2,1-3H3,(H,20,26). The van der Waals surface area contributed by atoms with Gasteiger partial charge in [-0.2, -0.15) is 0 Å². The topological polar surface area (TPSA) is 67.3 Å². The van der Waals surface area contributed by atoms with E-state index in [-0.39, 0.29) is 23.1 Å². The number of nitrogens with one attached hydrogen (secondary N) is 1. The summed E-state index contributed by atoms with van der Waals surface area (Å²) in [6, 6.07) is 3.88. The first-order valence-corrected chi connectivity index (χ1v) is 8.98. The monoisotopic (exact) mass is 379 g/mol. The van der Waals surface area contributed by atoms with Gasteiger partial charge in [-0.05, 0) is 64.0 Å². The van der Waals surface area contributed by atoms with Crippen LogP contribution >= 0.6 is 12.2 Å². The van der Waals surface area contributed by atoms with Crippen LogP contribution in [0.2, 0.25) is 0 Å². The van der Waals surface area contributed by atoms with E-state index in [1.807, 2.05) is 20.8 Å². The Morgan fingerprint density at radius 1 is 1.31 bits per heavy atom. The van der Waals surface area contributed by atoms with Crippen molar-refractivity contribution in [2.75, 3.05) is 13.1 Å². The number of nitrogens with zero attached hydrogens (tertiary/aromatic N) is 2. The number of piperidine rings is 1. The van der Waals surface area contributed by atoms with Gasteiger partial charge in [-0.1, -0.05) is 0 Å². The fourth-order valence-corrected chi connectivity index (χ4v) is 3.51. The molecule has 1 saturated heterocycles. The quantitative estimate of drug-likeness (QED) is 0.766. The number of benzene rings is 1. The lowest BCUT2D eigenvalue weighted by molar-refractivity contribution is 0.0187. The van der Waals surface area contributed by atoms with Crippen LogP contribution in [-0.2, 0) is 4.74 Å². The van der Waals surface area contributed by atoms with Crippen LogP contribution in [0.15, 0.2) is 23.0 Å². The molecule has 1 aliphatic rings. The van der Waals surface area contributed by atoms with Gasteiger partial charge in [0.05, 0.1) is 10.9 Å². The molecule has 1 aromatic carbocycles. The fraction of sp³-hybridized carbons (Fsp3) is 0.500. The number of likely N-dealkylation sites (tertiary alicyclic amines) is 1. The SMILES string of the molecule is CC(C)(C)OC(=O)N1CCC(n2c(=S)[nH]c3ccc(F)cc3c2=O)CC1. The Labute approximate surface area is 155 Å². The molecule has 2 aromatic rings. The zero-order valence-electron chi connectivity index (χ0n) is 15.0. The molecular formula is C18H22FN3O3S. The highest BCUT2D eigenvalue weighted by Crippen LogP contribution is 2.24. The maximum atomic E-state index is 13.5. The Morgan fingerprint density at radius 3 is 2.58 bits per heavy atom. The van der Waals surface area contributed by atoms with Gasteiger partial charge in [0.25, 0.3) is 5.56 Å². The molecule has 2 heterocycles. The highest BCUT2D eigenvalue weighted by atomic mass is 32.1. The van der Waals surface area contributed by atoms with E-state index in [9.17, 15) is 14.0 Å². The normalized spacial score (nSPS) is 16.1. The highest BCUT2D eigenvalue weighted by Gasteiger charge is 2.28. The van der Waals surface area contributed by atoms with Crippen molar-refractivity contribution < 1.29 is 13.9 Å². The molecule has 1 fully saturated rings. The molecule has 1 amide bonds. The van der Waals surface area contributed by atoms with Gasteiger partial charge in [0.2, 0.25) is 0 Å². The summed E-state index contributed by atoms with van der Waals surface area (Å²) in [6.45, 7) is 6.42. The number of carbonyl (C=O) groups is 1. The zero-order chi connectivity index (χ0) is 19.1. The number of hydrogen-bond acceptors (Lipinski definition) is 4. The number of hydrogen-bond donors (Lipinski definition) is 1. The van der Waals surface area contributed by atoms with Crippen LogP contribution in [0.4, 0.5) is 9.18 Å². The molecule has 6 nitrogen and oxygen atoms in total. The lowest BCUT2D eigenvalue weighted by Gasteiger charge is -2.34. The Morgan fingerprint density at radius 2 is 1.96 bits per heavy atom. The third-order valence-corrected chi connectivity index (χ3v) is 4.67. The van der Waals surface area contributed by atoms with Crippen LogP contribution in [0.5, 0.6) is 0 Å². The third kappa shape index (κ3) is 3.80. The first-order chi connectivity index (χ1) is 12.2. The summed E-state index contributed by atoms with van der Waals surface area (Å²) < 4.78 is 20.7. The second kappa shape index (κ2) is 6.83. The minimum Gasteiger partial charge on any atom is -0.444 e. The van der Waals surface area contributed by atoms with E-state index in [4.69, 9.17) is 17.0 Å². The van der Waals surface area contributed by atoms with Gasteiger partial charge >= 0.3 is 6.09 Å². The summed E-state index contributed by atoms with van der Waals surface area (Å²) in [5, 5.41) is 0.271. The number of carbonyl (C=O) groups excluding carboxylic acids is 1. The molecule has 0 saturated carbocycles. The summed E-state index contributed by atoms with van der Waals surface area (Å²) in [6.07, 6.45) is 0.809. The number of amides is 1. The molecule has 0 spiro atoms. The number of halogens is 1. The molecule has 1 aliphatic heterocycles. The van der Waals surface area contributed by atoms with Gasteiger partial charge in [0.1, 0.15) is 11.4 Å². The smallest absolute Gasteiger partial charge is 0.410 e. The molecule has 26 heavy (non-hydrogen) atoms. The number of aromatic nitrogens is 2. The second-order valence-corrected chi connectivity index (χ2v) is 7.88. The Kier molecular flexibility index (Phi) is 4.88. The van der Waals surface area contributed by atoms with Crippen LogP contribution in [0.25, 0.3) is 10.9 Å². The average molecular weight is 379 g/mol. The van der Waals surface area contributed by atoms with Gasteiger partial charge in [-0.15, -0.1) is 0 Å². The Bertz CT molecular complexity index is 953. The van der Waals surface area contributed by atoms with E-state index >= 15 is 0 Å². The maximum Gasteiger partial charge on any atom is 0.410 e. The number of fused-ring (bicyclic) bond motifs is 1. The minimum absolute atomic E-state index is 0.141. The van der Waals surface area contributed by atoms with E-state index < -0.39 is 11.4 Å². The van der Waals surface area contributed by atoms with Crippen molar-refractivity contribution in [2.24, 2.45) is 0 Å². The van der Waals surface area contributed by atoms with E-state index in [0.717, 1.165) is 0 Å². The summed E-state index contributed by atoms with van der Waals surface area (Å²) >= 11 is 5.34. The van der Waals surface area contributed by atoms with Gasteiger partial charge in [-0.3, -0.25) is 9.36 Å². The van der Waals surface area contributed by atoms with Crippen molar-refractivity contribution in [2.45, 2.75) is 45.3 Å². The van der Waals surface area contributed by atoms with Gasteiger partial charge in [-0.25, -0.2) is 9.18 Å². The van der Waals surface area contributed by atoms with Crippen molar-refractivity contribution in [3.8, 4) is 0 Å². The summed E-state index contributed by atoms with van der Waals surface area (Å²) in [5.41, 5.74) is -0.335. The van der Waals surface area contributed by atoms with E-state index in [0.29, 0.717) is 36.2 Å². The lowest BCUT2D eigenvalue weighted by atomic mass is 10.0. The minimum atomic E-state index is -0.546. The average Bonchev–Trinajstić information content (AvgIpc) is 2.55. The predicted octanol–water partition coefficient (Wildman–Crippen LogP) is 3.77. The highest BCUT2D eigenvalue weighted by molar-refractivity contribution is 7.71. The molecule has 0 bridgehead atoms. The molecule has 1 aromatic heterocycles. The number of rotatable bonds is 1. The molecule has 0 aliphatic carbocycles. The zero-order valence-corrected chi connectivity index (χ0v) is 15.9. The van der Waals surface area contributed by atoms with Crippen molar-refractivity contribution in [1.29, 1.82) is 0 Å². The summed E-state index contributed by atoms with van der Waals surface area (Å²) in [4.78, 5) is 29.6. The predicted molar refractivity (Wildman–Crippen MR) is 99.4 cm³/mol. The molecule has 0 atom stereocenters. The molecular weight excluding hydrogens is 357 g/mol. The van der Waals surface area contributed by atoms with E-state index in [1.54, 1.807) is 4.90 Å². The number of H-pyrrole nitrogens is 1. The van der Waals surface area contributed by atoms with Crippen molar-refractivity contribution in [3.63, 3.8) is 0 Å². The van der Waals surface area contributed by atoms with Crippen molar-refractivity contribution in [3.05, 3.63) is 39.1 Å². The Balaban J connectivity index is 1.83. The Hall–Kier alpha value is -2.22. The van der Waals surface area contributed by atoms with Crippen LogP contribution < -0.4 is 5.56 Å². The van der Waals surface area contributed by atoms with Gasteiger partial charge in [0, 0.05) is 19.1 Å². The van der Waals surface area contributed by atoms with Gasteiger partial charge < -0.3 is 14.6 Å². The first-order valence-electron chi connectivity index (χ1n) is 8.58. The molecule has 1 N–H and O–H groups in total. The largest absolute Gasteiger partial charge is 0.444 e. The van der Waals surface area contributed by atoms with Crippen LogP contribution in [0, 0.1) is 10.6 Å². The van der Waals surface area contributed by atoms with Crippen LogP contribution in [0.3, 0.4) is 0 Å². The molecule has 140 valence electrons. The van der Waals surface area contributed by atoms with Crippen molar-refractivity contribution in [1.82, 2.24) is 14.5 Å². The molecule has 0 radical (unpaired) electrons.